The molecule has 0 spiro atoms. The molecule has 2 N–H and O–H groups in total. The van der Waals surface area contributed by atoms with Crippen molar-refractivity contribution in [2.75, 3.05) is 40.4 Å². The molecule has 1 rings (SSSR count). The van der Waals surface area contributed by atoms with E-state index >= 15 is 0 Å². The van der Waals surface area contributed by atoms with Gasteiger partial charge < -0.3 is 20.3 Å². The van der Waals surface area contributed by atoms with E-state index in [1.807, 2.05) is 31.2 Å². The number of aliphatic imine (C=N–C) groups is 1. The van der Waals surface area contributed by atoms with Gasteiger partial charge in [-0.3, -0.25) is 4.79 Å². The number of carbonyl (C=O) groups is 1. The quantitative estimate of drug-likeness (QED) is 0.379. The molecule has 1 aromatic carbocycles. The molecule has 0 aromatic heterocycles. The van der Waals surface area contributed by atoms with Gasteiger partial charge in [0, 0.05) is 38.3 Å². The molecule has 0 fully saturated rings. The maximum absolute atomic E-state index is 11.7. The van der Waals surface area contributed by atoms with Gasteiger partial charge in [-0.15, -0.1) is 0 Å². The molecular weight excluding hydrogens is 372 g/mol. The summed E-state index contributed by atoms with van der Waals surface area (Å²) in [5, 5.41) is 6.30. The van der Waals surface area contributed by atoms with Gasteiger partial charge in [0.05, 0.1) is 13.1 Å². The lowest BCUT2D eigenvalue weighted by molar-refractivity contribution is -0.127. The van der Waals surface area contributed by atoms with E-state index in [0.717, 1.165) is 29.6 Å². The number of hydrogen-bond donors (Lipinski definition) is 2. The van der Waals surface area contributed by atoms with Gasteiger partial charge in [-0.2, -0.15) is 0 Å². The zero-order chi connectivity index (χ0) is 17.8. The third-order valence-electron chi connectivity index (χ3n) is 3.20. The molecule has 0 aliphatic heterocycles. The van der Waals surface area contributed by atoms with Gasteiger partial charge in [0.1, 0.15) is 0 Å². The molecule has 0 radical (unpaired) electrons. The van der Waals surface area contributed by atoms with Crippen molar-refractivity contribution in [3.8, 4) is 0 Å². The lowest BCUT2D eigenvalue weighted by Gasteiger charge is -2.15. The van der Waals surface area contributed by atoms with E-state index in [4.69, 9.17) is 4.74 Å². The summed E-state index contributed by atoms with van der Waals surface area (Å²) < 4.78 is 6.36. The van der Waals surface area contributed by atoms with Crippen LogP contribution in [0.25, 0.3) is 0 Å². The Balaban J connectivity index is 2.55. The van der Waals surface area contributed by atoms with E-state index in [9.17, 15) is 4.79 Å². The summed E-state index contributed by atoms with van der Waals surface area (Å²) in [6, 6.07) is 8.02. The summed E-state index contributed by atoms with van der Waals surface area (Å²) in [4.78, 5) is 17.8. The molecule has 7 heteroatoms. The number of halogens is 1. The number of nitrogens with zero attached hydrogens (tertiary/aromatic N) is 2. The zero-order valence-corrected chi connectivity index (χ0v) is 16.2. The number of carbonyl (C=O) groups excluding carboxylic acids is 1. The number of nitrogens with one attached hydrogen (secondary N) is 2. The fraction of sp³-hybridized carbons (Fsp3) is 0.529. The Labute approximate surface area is 152 Å². The lowest BCUT2D eigenvalue weighted by atomic mass is 10.2. The van der Waals surface area contributed by atoms with E-state index in [0.29, 0.717) is 19.1 Å². The molecular formula is C17H27BrN4O2. The molecule has 1 amide bonds. The number of guanidine groups is 1. The van der Waals surface area contributed by atoms with Gasteiger partial charge in [0.25, 0.3) is 0 Å². The second kappa shape index (κ2) is 11.9. The van der Waals surface area contributed by atoms with Gasteiger partial charge in [0.15, 0.2) is 5.96 Å². The summed E-state index contributed by atoms with van der Waals surface area (Å²) in [6.45, 7) is 4.91. The van der Waals surface area contributed by atoms with Crippen LogP contribution in [0.15, 0.2) is 33.7 Å². The van der Waals surface area contributed by atoms with Crippen LogP contribution in [0.5, 0.6) is 0 Å². The van der Waals surface area contributed by atoms with Gasteiger partial charge in [0.2, 0.25) is 5.91 Å². The Bertz CT molecular complexity index is 518. The van der Waals surface area contributed by atoms with Crippen molar-refractivity contribution in [3.63, 3.8) is 0 Å². The molecule has 0 aliphatic carbocycles. The van der Waals surface area contributed by atoms with E-state index < -0.39 is 0 Å². The largest absolute Gasteiger partial charge is 0.382 e. The van der Waals surface area contributed by atoms with Crippen LogP contribution in [0.1, 0.15) is 18.9 Å². The molecule has 0 saturated carbocycles. The molecule has 0 atom stereocenters. The Morgan fingerprint density at radius 1 is 1.25 bits per heavy atom. The minimum Gasteiger partial charge on any atom is -0.382 e. The van der Waals surface area contributed by atoms with Crippen LogP contribution in [0.2, 0.25) is 0 Å². The predicted molar refractivity (Wildman–Crippen MR) is 101 cm³/mol. The normalized spacial score (nSPS) is 11.2. The number of hydrogen-bond acceptors (Lipinski definition) is 3. The summed E-state index contributed by atoms with van der Waals surface area (Å²) >= 11 is 3.42. The maximum Gasteiger partial charge on any atom is 0.241 e. The number of amides is 1. The SMILES string of the molecule is CCOCCCNC(=NCc1ccc(Br)cc1)NCC(=O)N(C)C. The minimum absolute atomic E-state index is 0.00228. The number of benzene rings is 1. The highest BCUT2D eigenvalue weighted by molar-refractivity contribution is 9.10. The second-order valence-electron chi connectivity index (χ2n) is 5.41. The molecule has 1 aromatic rings. The van der Waals surface area contributed by atoms with Gasteiger partial charge in [-0.1, -0.05) is 28.1 Å². The molecule has 134 valence electrons. The average Bonchev–Trinajstić information content (AvgIpc) is 2.57. The molecule has 0 bridgehead atoms. The molecule has 6 nitrogen and oxygen atoms in total. The molecule has 0 saturated heterocycles. The van der Waals surface area contributed by atoms with E-state index in [1.54, 1.807) is 19.0 Å². The highest BCUT2D eigenvalue weighted by atomic mass is 79.9. The fourth-order valence-corrected chi connectivity index (χ4v) is 2.04. The Morgan fingerprint density at radius 3 is 2.58 bits per heavy atom. The summed E-state index contributed by atoms with van der Waals surface area (Å²) in [5.41, 5.74) is 1.10. The first kappa shape index (κ1) is 20.4. The topological polar surface area (TPSA) is 66.0 Å². The molecule has 0 unspecified atom stereocenters. The first-order valence-electron chi connectivity index (χ1n) is 8.07. The van der Waals surface area contributed by atoms with Crippen LogP contribution in [-0.4, -0.2) is 57.2 Å². The Morgan fingerprint density at radius 2 is 1.96 bits per heavy atom. The van der Waals surface area contributed by atoms with Crippen molar-refractivity contribution >= 4 is 27.8 Å². The monoisotopic (exact) mass is 398 g/mol. The second-order valence-corrected chi connectivity index (χ2v) is 6.33. The third-order valence-corrected chi connectivity index (χ3v) is 3.73. The highest BCUT2D eigenvalue weighted by Crippen LogP contribution is 2.10. The van der Waals surface area contributed by atoms with Crippen molar-refractivity contribution < 1.29 is 9.53 Å². The van der Waals surface area contributed by atoms with Crippen LogP contribution in [0, 0.1) is 0 Å². The molecule has 0 aliphatic rings. The highest BCUT2D eigenvalue weighted by Gasteiger charge is 2.05. The Hall–Kier alpha value is -1.60. The van der Waals surface area contributed by atoms with Crippen molar-refractivity contribution in [1.29, 1.82) is 0 Å². The van der Waals surface area contributed by atoms with Crippen molar-refractivity contribution in [2.45, 2.75) is 19.9 Å². The Kier molecular flexibility index (Phi) is 10.1. The van der Waals surface area contributed by atoms with Crippen LogP contribution in [0.4, 0.5) is 0 Å². The summed E-state index contributed by atoms with van der Waals surface area (Å²) in [5.74, 6) is 0.632. The van der Waals surface area contributed by atoms with E-state index in [-0.39, 0.29) is 12.5 Å². The van der Waals surface area contributed by atoms with Gasteiger partial charge in [-0.25, -0.2) is 4.99 Å². The van der Waals surface area contributed by atoms with Gasteiger partial charge in [-0.05, 0) is 31.0 Å². The van der Waals surface area contributed by atoms with Crippen LogP contribution < -0.4 is 10.6 Å². The van der Waals surface area contributed by atoms with E-state index in [2.05, 4.69) is 31.6 Å². The van der Waals surface area contributed by atoms with Crippen molar-refractivity contribution in [1.82, 2.24) is 15.5 Å². The standard InChI is InChI=1S/C17H27BrN4O2/c1-4-24-11-5-10-19-17(21-13-16(23)22(2)3)20-12-14-6-8-15(18)9-7-14/h6-9H,4-5,10-13H2,1-3H3,(H2,19,20,21). The maximum atomic E-state index is 11.7. The van der Waals surface area contributed by atoms with Crippen molar-refractivity contribution in [3.05, 3.63) is 34.3 Å². The smallest absolute Gasteiger partial charge is 0.241 e. The van der Waals surface area contributed by atoms with Crippen LogP contribution in [0.3, 0.4) is 0 Å². The van der Waals surface area contributed by atoms with Crippen molar-refractivity contribution in [2.24, 2.45) is 4.99 Å². The third kappa shape index (κ3) is 8.88. The van der Waals surface area contributed by atoms with Gasteiger partial charge >= 0.3 is 0 Å². The summed E-state index contributed by atoms with van der Waals surface area (Å²) in [7, 11) is 3.47. The van der Waals surface area contributed by atoms with Crippen LogP contribution >= 0.6 is 15.9 Å². The predicted octanol–water partition coefficient (Wildman–Crippen LogP) is 2.00. The lowest BCUT2D eigenvalue weighted by Crippen LogP contribution is -2.43. The first-order valence-corrected chi connectivity index (χ1v) is 8.86. The van der Waals surface area contributed by atoms with E-state index in [1.165, 1.54) is 0 Å². The molecule has 24 heavy (non-hydrogen) atoms. The first-order chi connectivity index (χ1) is 11.5. The number of ether oxygens (including phenoxy) is 1. The zero-order valence-electron chi connectivity index (χ0n) is 14.6. The summed E-state index contributed by atoms with van der Waals surface area (Å²) in [6.07, 6.45) is 0.883. The number of likely N-dealkylation sites (N-methyl/N-ethyl adjacent to an activating group) is 1. The molecule has 0 heterocycles. The van der Waals surface area contributed by atoms with Crippen LogP contribution in [-0.2, 0) is 16.1 Å². The number of rotatable bonds is 9. The fourth-order valence-electron chi connectivity index (χ4n) is 1.78. The average molecular weight is 399 g/mol. The minimum atomic E-state index is 0.00228.